The van der Waals surface area contributed by atoms with E-state index in [-0.39, 0.29) is 18.2 Å². The number of hydrogen-bond donors (Lipinski definition) is 2. The summed E-state index contributed by atoms with van der Waals surface area (Å²) in [5.41, 5.74) is 8.93. The first kappa shape index (κ1) is 18.3. The van der Waals surface area contributed by atoms with Crippen molar-refractivity contribution in [2.24, 2.45) is 11.7 Å². The number of rotatable bonds is 8. The molecule has 2 rings (SSSR count). The third-order valence-electron chi connectivity index (χ3n) is 4.81. The molecule has 1 fully saturated rings. The largest absolute Gasteiger partial charge is 0.382 e. The second-order valence-corrected chi connectivity index (χ2v) is 7.37. The molecule has 2 atom stereocenters. The number of nitrogens with one attached hydrogen (secondary N) is 1. The lowest BCUT2D eigenvalue weighted by Gasteiger charge is -2.31. The maximum Gasteiger partial charge on any atom is 0.0901 e. The van der Waals surface area contributed by atoms with Gasteiger partial charge >= 0.3 is 0 Å². The highest BCUT2D eigenvalue weighted by atomic mass is 16.5. The fraction of sp³-hybridized carbons (Fsp3) is 0.700. The monoisotopic (exact) mass is 318 g/mol. The van der Waals surface area contributed by atoms with Gasteiger partial charge in [0, 0.05) is 18.3 Å². The van der Waals surface area contributed by atoms with Crippen LogP contribution in [-0.2, 0) is 4.74 Å². The number of anilines is 1. The molecule has 1 aromatic carbocycles. The van der Waals surface area contributed by atoms with Crippen molar-refractivity contribution >= 4 is 5.69 Å². The van der Waals surface area contributed by atoms with Gasteiger partial charge in [0.05, 0.1) is 12.2 Å². The predicted octanol–water partition coefficient (Wildman–Crippen LogP) is 4.50. The van der Waals surface area contributed by atoms with Crippen LogP contribution in [0.3, 0.4) is 0 Å². The minimum Gasteiger partial charge on any atom is -0.382 e. The Bertz CT molecular complexity index is 437. The normalized spacial score (nSPS) is 18.8. The van der Waals surface area contributed by atoms with Gasteiger partial charge in [-0.2, -0.15) is 0 Å². The summed E-state index contributed by atoms with van der Waals surface area (Å²) in [7, 11) is 0. The van der Waals surface area contributed by atoms with Gasteiger partial charge in [-0.25, -0.2) is 0 Å². The molecule has 3 nitrogen and oxygen atoms in total. The van der Waals surface area contributed by atoms with Crippen molar-refractivity contribution in [2.45, 2.75) is 77.5 Å². The van der Waals surface area contributed by atoms with E-state index in [4.69, 9.17) is 10.5 Å². The molecule has 0 aliphatic heterocycles. The molecule has 0 spiro atoms. The van der Waals surface area contributed by atoms with Crippen LogP contribution in [-0.4, -0.2) is 24.8 Å². The molecule has 0 bridgehead atoms. The molecule has 23 heavy (non-hydrogen) atoms. The van der Waals surface area contributed by atoms with Crippen molar-refractivity contribution in [3.63, 3.8) is 0 Å². The quantitative estimate of drug-likeness (QED) is 0.742. The maximum absolute atomic E-state index is 6.52. The highest BCUT2D eigenvalue weighted by Gasteiger charge is 2.24. The lowest BCUT2D eigenvalue weighted by atomic mass is 9.84. The van der Waals surface area contributed by atoms with Crippen LogP contribution < -0.4 is 11.1 Å². The molecule has 3 N–H and O–H groups in total. The Balaban J connectivity index is 1.88. The predicted molar refractivity (Wildman–Crippen MR) is 98.8 cm³/mol. The van der Waals surface area contributed by atoms with E-state index in [0.717, 1.165) is 24.6 Å². The molecule has 1 unspecified atom stereocenters. The summed E-state index contributed by atoms with van der Waals surface area (Å²) in [6, 6.07) is 8.60. The Morgan fingerprint density at radius 2 is 1.78 bits per heavy atom. The molecule has 1 saturated carbocycles. The fourth-order valence-electron chi connectivity index (χ4n) is 3.50. The van der Waals surface area contributed by atoms with Gasteiger partial charge in [0.25, 0.3) is 0 Å². The minimum atomic E-state index is 0.0678. The van der Waals surface area contributed by atoms with Crippen LogP contribution in [0, 0.1) is 12.8 Å². The summed E-state index contributed by atoms with van der Waals surface area (Å²) in [4.78, 5) is 0. The van der Waals surface area contributed by atoms with Crippen molar-refractivity contribution in [1.29, 1.82) is 0 Å². The molecular weight excluding hydrogens is 284 g/mol. The van der Waals surface area contributed by atoms with E-state index in [9.17, 15) is 0 Å². The summed E-state index contributed by atoms with van der Waals surface area (Å²) < 4.78 is 6.11. The fourth-order valence-corrected chi connectivity index (χ4v) is 3.50. The Hall–Kier alpha value is -1.06. The SMILES string of the molecule is Cc1ccc(NCC(OC(C)C)[C@H](N)CC2CCCCC2)cc1. The average molecular weight is 319 g/mol. The number of benzene rings is 1. The third kappa shape index (κ3) is 6.52. The van der Waals surface area contributed by atoms with Crippen LogP contribution in [0.25, 0.3) is 0 Å². The van der Waals surface area contributed by atoms with E-state index in [1.165, 1.54) is 37.7 Å². The van der Waals surface area contributed by atoms with E-state index in [1.54, 1.807) is 0 Å². The molecule has 3 heteroatoms. The minimum absolute atomic E-state index is 0.0678. The first-order chi connectivity index (χ1) is 11.0. The van der Waals surface area contributed by atoms with Crippen LogP contribution >= 0.6 is 0 Å². The van der Waals surface area contributed by atoms with Gasteiger partial charge in [0.15, 0.2) is 0 Å². The topological polar surface area (TPSA) is 47.3 Å². The highest BCUT2D eigenvalue weighted by Crippen LogP contribution is 2.28. The van der Waals surface area contributed by atoms with E-state index in [2.05, 4.69) is 50.4 Å². The molecule has 130 valence electrons. The van der Waals surface area contributed by atoms with Gasteiger partial charge in [0.1, 0.15) is 0 Å². The summed E-state index contributed by atoms with van der Waals surface area (Å²) in [5, 5.41) is 3.49. The molecule has 0 aromatic heterocycles. The second kappa shape index (κ2) is 9.29. The average Bonchev–Trinajstić information content (AvgIpc) is 2.53. The van der Waals surface area contributed by atoms with E-state index in [1.807, 2.05) is 0 Å². The van der Waals surface area contributed by atoms with Crippen molar-refractivity contribution in [3.05, 3.63) is 29.8 Å². The van der Waals surface area contributed by atoms with Crippen molar-refractivity contribution in [1.82, 2.24) is 0 Å². The summed E-state index contributed by atoms with van der Waals surface area (Å²) >= 11 is 0. The smallest absolute Gasteiger partial charge is 0.0901 e. The number of ether oxygens (including phenoxy) is 1. The van der Waals surface area contributed by atoms with Gasteiger partial charge in [-0.05, 0) is 45.2 Å². The van der Waals surface area contributed by atoms with E-state index in [0.29, 0.717) is 0 Å². The van der Waals surface area contributed by atoms with Crippen LogP contribution in [0.2, 0.25) is 0 Å². The van der Waals surface area contributed by atoms with Gasteiger partial charge in [-0.15, -0.1) is 0 Å². The molecule has 1 aliphatic rings. The number of aryl methyl sites for hydroxylation is 1. The van der Waals surface area contributed by atoms with Gasteiger partial charge in [-0.3, -0.25) is 0 Å². The van der Waals surface area contributed by atoms with Gasteiger partial charge < -0.3 is 15.8 Å². The van der Waals surface area contributed by atoms with Crippen LogP contribution in [0.5, 0.6) is 0 Å². The lowest BCUT2D eigenvalue weighted by molar-refractivity contribution is -0.00390. The molecule has 0 radical (unpaired) electrons. The summed E-state index contributed by atoms with van der Waals surface area (Å²) in [6.45, 7) is 7.06. The zero-order chi connectivity index (χ0) is 16.7. The van der Waals surface area contributed by atoms with Crippen molar-refractivity contribution in [3.8, 4) is 0 Å². The van der Waals surface area contributed by atoms with Crippen LogP contribution in [0.1, 0.15) is 57.9 Å². The molecule has 1 aromatic rings. The highest BCUT2D eigenvalue weighted by molar-refractivity contribution is 5.44. The number of nitrogens with two attached hydrogens (primary N) is 1. The standard InChI is InChI=1S/C20H34N2O/c1-15(2)23-20(14-22-18-11-9-16(3)10-12-18)19(21)13-17-7-5-4-6-8-17/h9-12,15,17,19-20,22H,4-8,13-14,21H2,1-3H3/t19-,20?/m1/s1. The van der Waals surface area contributed by atoms with E-state index < -0.39 is 0 Å². The summed E-state index contributed by atoms with van der Waals surface area (Å²) in [6.07, 6.45) is 8.18. The zero-order valence-corrected chi connectivity index (χ0v) is 15.1. The van der Waals surface area contributed by atoms with Crippen LogP contribution in [0.4, 0.5) is 5.69 Å². The zero-order valence-electron chi connectivity index (χ0n) is 15.1. The molecular formula is C20H34N2O. The Morgan fingerprint density at radius 3 is 2.39 bits per heavy atom. The Labute approximate surface area is 142 Å². The first-order valence-corrected chi connectivity index (χ1v) is 9.26. The maximum atomic E-state index is 6.52. The lowest BCUT2D eigenvalue weighted by Crippen LogP contribution is -2.44. The van der Waals surface area contributed by atoms with Gasteiger partial charge in [0.2, 0.25) is 0 Å². The van der Waals surface area contributed by atoms with Crippen LogP contribution in [0.15, 0.2) is 24.3 Å². The van der Waals surface area contributed by atoms with Gasteiger partial charge in [-0.1, -0.05) is 49.8 Å². The number of hydrogen-bond acceptors (Lipinski definition) is 3. The van der Waals surface area contributed by atoms with Crippen molar-refractivity contribution < 1.29 is 4.74 Å². The second-order valence-electron chi connectivity index (χ2n) is 7.37. The van der Waals surface area contributed by atoms with Crippen molar-refractivity contribution in [2.75, 3.05) is 11.9 Å². The third-order valence-corrected chi connectivity index (χ3v) is 4.81. The molecule has 1 aliphatic carbocycles. The first-order valence-electron chi connectivity index (χ1n) is 9.26. The summed E-state index contributed by atoms with van der Waals surface area (Å²) in [5.74, 6) is 0.788. The van der Waals surface area contributed by atoms with E-state index >= 15 is 0 Å². The molecule has 0 saturated heterocycles. The molecule has 0 heterocycles. The Kier molecular flexibility index (Phi) is 7.38. The molecule has 0 amide bonds. The Morgan fingerprint density at radius 1 is 1.13 bits per heavy atom.